The number of alkyl halides is 1. The fourth-order valence-electron chi connectivity index (χ4n) is 2.46. The van der Waals surface area contributed by atoms with Gasteiger partial charge in [-0.3, -0.25) is 10.1 Å². The van der Waals surface area contributed by atoms with E-state index in [4.69, 9.17) is 16.9 Å². The molecule has 24 heavy (non-hydrogen) atoms. The molecule has 6 heteroatoms. The topological polar surface area (TPSA) is 65.8 Å². The Morgan fingerprint density at radius 1 is 1.33 bits per heavy atom. The summed E-state index contributed by atoms with van der Waals surface area (Å²) in [4.78, 5) is 17.1. The summed E-state index contributed by atoms with van der Waals surface area (Å²) in [5.41, 5.74) is 3.23. The minimum Gasteiger partial charge on any atom is -0.298 e. The van der Waals surface area contributed by atoms with Crippen molar-refractivity contribution in [2.45, 2.75) is 18.7 Å². The number of fused-ring (bicyclic) bond motifs is 1. The second kappa shape index (κ2) is 7.00. The molecule has 0 spiro atoms. The zero-order chi connectivity index (χ0) is 17.1. The van der Waals surface area contributed by atoms with E-state index in [9.17, 15) is 4.79 Å². The number of para-hydroxylation sites is 1. The molecular formula is C18H14ClN3OS. The standard InChI is InChI=1S/C18H14ClN3OS/c1-11-5-4-8-15-16(11)21-18(24-15)22-17(23)14-7-3-2-6-12(14)9-13(19)10-20/h2-8,13H,9H2,1H3,(H,21,22,23). The van der Waals surface area contributed by atoms with Gasteiger partial charge in [0.1, 0.15) is 5.38 Å². The van der Waals surface area contributed by atoms with Gasteiger partial charge in [0.25, 0.3) is 5.91 Å². The fourth-order valence-corrected chi connectivity index (χ4v) is 3.57. The zero-order valence-electron chi connectivity index (χ0n) is 12.9. The SMILES string of the molecule is Cc1cccc2sc(NC(=O)c3ccccc3CC(Cl)C#N)nc12. The molecule has 0 bridgehead atoms. The van der Waals surface area contributed by atoms with Gasteiger partial charge in [-0.15, -0.1) is 11.6 Å². The van der Waals surface area contributed by atoms with E-state index in [2.05, 4.69) is 10.3 Å². The highest BCUT2D eigenvalue weighted by atomic mass is 35.5. The molecule has 0 saturated heterocycles. The van der Waals surface area contributed by atoms with Crippen molar-refractivity contribution in [2.75, 3.05) is 5.32 Å². The first-order valence-electron chi connectivity index (χ1n) is 7.37. The van der Waals surface area contributed by atoms with Crippen molar-refractivity contribution >= 4 is 44.2 Å². The Balaban J connectivity index is 1.87. The van der Waals surface area contributed by atoms with Crippen LogP contribution in [0.5, 0.6) is 0 Å². The number of benzene rings is 2. The van der Waals surface area contributed by atoms with Gasteiger partial charge in [-0.25, -0.2) is 4.98 Å². The van der Waals surface area contributed by atoms with Crippen molar-refractivity contribution in [1.29, 1.82) is 5.26 Å². The van der Waals surface area contributed by atoms with Crippen LogP contribution in [0.15, 0.2) is 42.5 Å². The molecule has 3 aromatic rings. The molecular weight excluding hydrogens is 342 g/mol. The summed E-state index contributed by atoms with van der Waals surface area (Å²) in [6.07, 6.45) is 0.320. The molecule has 0 radical (unpaired) electrons. The Morgan fingerprint density at radius 2 is 2.12 bits per heavy atom. The molecule has 0 aliphatic heterocycles. The third-order valence-electron chi connectivity index (χ3n) is 3.64. The van der Waals surface area contributed by atoms with Gasteiger partial charge in [-0.05, 0) is 30.2 Å². The zero-order valence-corrected chi connectivity index (χ0v) is 14.5. The number of amides is 1. The lowest BCUT2D eigenvalue weighted by atomic mass is 10.0. The second-order valence-corrected chi connectivity index (χ2v) is 6.91. The number of aryl methyl sites for hydroxylation is 1. The highest BCUT2D eigenvalue weighted by Crippen LogP contribution is 2.28. The van der Waals surface area contributed by atoms with Gasteiger partial charge in [0, 0.05) is 12.0 Å². The molecule has 3 rings (SSSR count). The van der Waals surface area contributed by atoms with Crippen molar-refractivity contribution in [3.8, 4) is 6.07 Å². The van der Waals surface area contributed by atoms with Gasteiger partial charge in [0.15, 0.2) is 5.13 Å². The highest BCUT2D eigenvalue weighted by molar-refractivity contribution is 7.22. The van der Waals surface area contributed by atoms with Crippen LogP contribution in [-0.2, 0) is 6.42 Å². The Labute approximate surface area is 148 Å². The molecule has 0 aliphatic rings. The third-order valence-corrected chi connectivity index (χ3v) is 4.83. The number of rotatable bonds is 4. The lowest BCUT2D eigenvalue weighted by molar-refractivity contribution is 0.102. The number of carbonyl (C=O) groups excluding carboxylic acids is 1. The van der Waals surface area contributed by atoms with Crippen LogP contribution in [0, 0.1) is 18.3 Å². The summed E-state index contributed by atoms with van der Waals surface area (Å²) in [6, 6.07) is 15.1. The Hall–Kier alpha value is -2.42. The first kappa shape index (κ1) is 16.4. The van der Waals surface area contributed by atoms with Crippen molar-refractivity contribution in [1.82, 2.24) is 4.98 Å². The predicted octanol–water partition coefficient (Wildman–Crippen LogP) is 4.53. The van der Waals surface area contributed by atoms with Crippen LogP contribution in [0.4, 0.5) is 5.13 Å². The number of hydrogen-bond acceptors (Lipinski definition) is 4. The van der Waals surface area contributed by atoms with E-state index in [-0.39, 0.29) is 5.91 Å². The van der Waals surface area contributed by atoms with Crippen LogP contribution >= 0.6 is 22.9 Å². The highest BCUT2D eigenvalue weighted by Gasteiger charge is 2.16. The maximum absolute atomic E-state index is 12.6. The molecule has 1 aromatic heterocycles. The molecule has 0 saturated carbocycles. The molecule has 0 fully saturated rings. The summed E-state index contributed by atoms with van der Waals surface area (Å²) >= 11 is 7.34. The van der Waals surface area contributed by atoms with Crippen LogP contribution < -0.4 is 5.32 Å². The van der Waals surface area contributed by atoms with E-state index in [1.807, 2.05) is 43.3 Å². The quantitative estimate of drug-likeness (QED) is 0.699. The first-order chi connectivity index (χ1) is 11.6. The van der Waals surface area contributed by atoms with Crippen molar-refractivity contribution < 1.29 is 4.79 Å². The first-order valence-corrected chi connectivity index (χ1v) is 8.63. The van der Waals surface area contributed by atoms with Gasteiger partial charge in [0.05, 0.1) is 16.3 Å². The van der Waals surface area contributed by atoms with Gasteiger partial charge in [-0.2, -0.15) is 5.26 Å². The van der Waals surface area contributed by atoms with E-state index in [0.29, 0.717) is 17.1 Å². The Kier molecular flexibility index (Phi) is 4.79. The summed E-state index contributed by atoms with van der Waals surface area (Å²) < 4.78 is 1.03. The van der Waals surface area contributed by atoms with Crippen LogP contribution in [0.3, 0.4) is 0 Å². The van der Waals surface area contributed by atoms with E-state index >= 15 is 0 Å². The smallest absolute Gasteiger partial charge is 0.257 e. The van der Waals surface area contributed by atoms with Gasteiger partial charge in [0.2, 0.25) is 0 Å². The molecule has 120 valence electrons. The van der Waals surface area contributed by atoms with Crippen molar-refractivity contribution in [3.63, 3.8) is 0 Å². The van der Waals surface area contributed by atoms with Crippen molar-refractivity contribution in [3.05, 3.63) is 59.2 Å². The Bertz CT molecular complexity index is 945. The van der Waals surface area contributed by atoms with E-state index in [0.717, 1.165) is 21.3 Å². The summed E-state index contributed by atoms with van der Waals surface area (Å²) in [6.45, 7) is 1.99. The second-order valence-electron chi connectivity index (χ2n) is 5.35. The molecule has 4 nitrogen and oxygen atoms in total. The lowest BCUT2D eigenvalue weighted by Crippen LogP contribution is -2.15. The average molecular weight is 356 g/mol. The average Bonchev–Trinajstić information content (AvgIpc) is 2.99. The van der Waals surface area contributed by atoms with Crippen LogP contribution in [0.25, 0.3) is 10.2 Å². The summed E-state index contributed by atoms with van der Waals surface area (Å²) in [5.74, 6) is -0.246. The number of nitrogens with one attached hydrogen (secondary N) is 1. The maximum Gasteiger partial charge on any atom is 0.257 e. The Morgan fingerprint density at radius 3 is 2.88 bits per heavy atom. The largest absolute Gasteiger partial charge is 0.298 e. The third kappa shape index (κ3) is 3.40. The maximum atomic E-state index is 12.6. The normalized spacial score (nSPS) is 11.9. The predicted molar refractivity (Wildman–Crippen MR) is 97.7 cm³/mol. The van der Waals surface area contributed by atoms with Crippen LogP contribution in [0.1, 0.15) is 21.5 Å². The van der Waals surface area contributed by atoms with Gasteiger partial charge >= 0.3 is 0 Å². The van der Waals surface area contributed by atoms with E-state index in [1.165, 1.54) is 11.3 Å². The monoisotopic (exact) mass is 355 g/mol. The molecule has 0 aliphatic carbocycles. The number of thiazole rings is 1. The van der Waals surface area contributed by atoms with E-state index < -0.39 is 5.38 Å². The van der Waals surface area contributed by atoms with Crippen LogP contribution in [-0.4, -0.2) is 16.3 Å². The minimum atomic E-state index is -0.663. The molecule has 1 N–H and O–H groups in total. The van der Waals surface area contributed by atoms with Crippen LogP contribution in [0.2, 0.25) is 0 Å². The van der Waals surface area contributed by atoms with Gasteiger partial charge in [-0.1, -0.05) is 41.7 Å². The molecule has 1 unspecified atom stereocenters. The lowest BCUT2D eigenvalue weighted by Gasteiger charge is -2.09. The number of nitriles is 1. The van der Waals surface area contributed by atoms with E-state index in [1.54, 1.807) is 12.1 Å². The van der Waals surface area contributed by atoms with Crippen molar-refractivity contribution in [2.24, 2.45) is 0 Å². The molecule has 1 atom stereocenters. The number of halogens is 1. The minimum absolute atomic E-state index is 0.246. The van der Waals surface area contributed by atoms with Gasteiger partial charge < -0.3 is 0 Å². The molecule has 1 amide bonds. The summed E-state index contributed by atoms with van der Waals surface area (Å²) in [5, 5.41) is 11.6. The number of hydrogen-bond donors (Lipinski definition) is 1. The molecule has 2 aromatic carbocycles. The molecule has 1 heterocycles. The number of carbonyl (C=O) groups is 1. The number of anilines is 1. The number of aromatic nitrogens is 1. The fraction of sp³-hybridized carbons (Fsp3) is 0.167. The summed E-state index contributed by atoms with van der Waals surface area (Å²) in [7, 11) is 0. The number of nitrogens with zero attached hydrogens (tertiary/aromatic N) is 2.